The molecule has 4 aromatic rings. The molecule has 4 rings (SSSR count). The topological polar surface area (TPSA) is 84.9 Å². The van der Waals surface area contributed by atoms with Gasteiger partial charge in [0.1, 0.15) is 0 Å². The number of nitrogens with one attached hydrogen (secondary N) is 1. The molecule has 0 spiro atoms. The SMILES string of the molecule is CC(=O)Nc1cccc(C(=O)N(CCCc2cccc(OOC(C)=O)c2)CCC(c2ccccc2)c2ccccc2)c1. The number of aryl methyl sites for hydroxylation is 1. The van der Waals surface area contributed by atoms with Crippen LogP contribution in [-0.2, 0) is 20.9 Å². The highest BCUT2D eigenvalue weighted by Gasteiger charge is 2.20. The number of amides is 2. The molecule has 0 radical (unpaired) electrons. The van der Waals surface area contributed by atoms with Gasteiger partial charge in [-0.25, -0.2) is 4.79 Å². The minimum Gasteiger partial charge on any atom is -0.339 e. The Morgan fingerprint density at radius 1 is 0.762 bits per heavy atom. The third-order valence-electron chi connectivity index (χ3n) is 6.86. The second-order valence-electron chi connectivity index (χ2n) is 10.1. The van der Waals surface area contributed by atoms with Crippen LogP contribution in [0.3, 0.4) is 0 Å². The van der Waals surface area contributed by atoms with Crippen molar-refractivity contribution < 1.29 is 24.2 Å². The van der Waals surface area contributed by atoms with Gasteiger partial charge in [-0.15, -0.1) is 0 Å². The summed E-state index contributed by atoms with van der Waals surface area (Å²) < 4.78 is 0. The summed E-state index contributed by atoms with van der Waals surface area (Å²) >= 11 is 0. The molecule has 216 valence electrons. The Hall–Kier alpha value is -4.91. The van der Waals surface area contributed by atoms with E-state index in [1.165, 1.54) is 25.0 Å². The van der Waals surface area contributed by atoms with Crippen LogP contribution >= 0.6 is 0 Å². The molecule has 0 aliphatic rings. The fourth-order valence-corrected chi connectivity index (χ4v) is 4.95. The molecule has 0 bridgehead atoms. The maximum Gasteiger partial charge on any atom is 0.352 e. The zero-order valence-electron chi connectivity index (χ0n) is 24.0. The summed E-state index contributed by atoms with van der Waals surface area (Å²) in [7, 11) is 0. The number of anilines is 1. The molecule has 0 fully saturated rings. The van der Waals surface area contributed by atoms with Crippen molar-refractivity contribution in [1.82, 2.24) is 4.90 Å². The summed E-state index contributed by atoms with van der Waals surface area (Å²) in [6, 6.07) is 35.1. The van der Waals surface area contributed by atoms with E-state index >= 15 is 0 Å². The molecular weight excluding hydrogens is 528 g/mol. The van der Waals surface area contributed by atoms with Crippen molar-refractivity contribution in [3.63, 3.8) is 0 Å². The predicted molar refractivity (Wildman–Crippen MR) is 163 cm³/mol. The standard InChI is InChI=1S/C35H36N2O5/c1-26(38)36-32-19-10-18-31(25-32)35(40)37(22-11-13-28-12-9-20-33(24-28)42-41-27(2)39)23-21-34(29-14-5-3-6-15-29)30-16-7-4-8-17-30/h3-10,12,14-20,24-25,34H,11,13,21-23H2,1-2H3,(H,36,38). The Labute approximate surface area is 247 Å². The summed E-state index contributed by atoms with van der Waals surface area (Å²) in [6.07, 6.45) is 2.17. The van der Waals surface area contributed by atoms with E-state index in [0.717, 1.165) is 18.4 Å². The monoisotopic (exact) mass is 564 g/mol. The Kier molecular flexibility index (Phi) is 10.9. The summed E-state index contributed by atoms with van der Waals surface area (Å²) in [5.74, 6) is -0.233. The summed E-state index contributed by atoms with van der Waals surface area (Å²) in [5, 5.41) is 2.77. The van der Waals surface area contributed by atoms with Crippen molar-refractivity contribution in [3.8, 4) is 5.75 Å². The van der Waals surface area contributed by atoms with Crippen LogP contribution in [0.25, 0.3) is 0 Å². The normalized spacial score (nSPS) is 10.6. The number of nitrogens with zero attached hydrogens (tertiary/aromatic N) is 1. The van der Waals surface area contributed by atoms with Crippen molar-refractivity contribution in [2.45, 2.75) is 39.0 Å². The molecule has 0 aliphatic carbocycles. The first-order valence-corrected chi connectivity index (χ1v) is 14.1. The molecule has 2 amide bonds. The Morgan fingerprint density at radius 3 is 2.07 bits per heavy atom. The maximum absolute atomic E-state index is 13.9. The number of rotatable bonds is 13. The van der Waals surface area contributed by atoms with Crippen LogP contribution < -0.4 is 10.2 Å². The fraction of sp³-hybridized carbons (Fsp3) is 0.229. The van der Waals surface area contributed by atoms with E-state index in [4.69, 9.17) is 4.89 Å². The van der Waals surface area contributed by atoms with Gasteiger partial charge >= 0.3 is 5.97 Å². The molecule has 4 aromatic carbocycles. The number of hydrogen-bond acceptors (Lipinski definition) is 5. The van der Waals surface area contributed by atoms with Crippen LogP contribution in [-0.4, -0.2) is 35.8 Å². The zero-order chi connectivity index (χ0) is 29.7. The minimum absolute atomic E-state index is 0.0889. The van der Waals surface area contributed by atoms with Gasteiger partial charge in [-0.05, 0) is 66.3 Å². The molecule has 42 heavy (non-hydrogen) atoms. The number of carbonyl (C=O) groups is 3. The second kappa shape index (κ2) is 15.2. The van der Waals surface area contributed by atoms with E-state index in [9.17, 15) is 14.4 Å². The minimum atomic E-state index is -0.526. The van der Waals surface area contributed by atoms with E-state index in [-0.39, 0.29) is 17.7 Å². The molecule has 7 heteroatoms. The molecular formula is C35H36N2O5. The molecule has 1 N–H and O–H groups in total. The van der Waals surface area contributed by atoms with Gasteiger partial charge in [-0.2, -0.15) is 0 Å². The van der Waals surface area contributed by atoms with Gasteiger partial charge in [-0.3, -0.25) is 19.4 Å². The first-order valence-electron chi connectivity index (χ1n) is 14.1. The molecule has 0 unspecified atom stereocenters. The molecule has 0 aromatic heterocycles. The van der Waals surface area contributed by atoms with Crippen molar-refractivity contribution in [2.24, 2.45) is 0 Å². The average molecular weight is 565 g/mol. The molecule has 0 atom stereocenters. The molecule has 0 saturated carbocycles. The van der Waals surface area contributed by atoms with Crippen molar-refractivity contribution in [1.29, 1.82) is 0 Å². The van der Waals surface area contributed by atoms with Crippen LogP contribution in [0.2, 0.25) is 0 Å². The molecule has 0 aliphatic heterocycles. The molecule has 0 saturated heterocycles. The van der Waals surface area contributed by atoms with E-state index < -0.39 is 5.97 Å². The van der Waals surface area contributed by atoms with Crippen LogP contribution in [0.1, 0.15) is 59.7 Å². The van der Waals surface area contributed by atoms with Crippen molar-refractivity contribution in [3.05, 3.63) is 131 Å². The first kappa shape index (κ1) is 30.1. The van der Waals surface area contributed by atoms with Gasteiger partial charge < -0.3 is 10.2 Å². The maximum atomic E-state index is 13.9. The lowest BCUT2D eigenvalue weighted by molar-refractivity contribution is -0.210. The number of benzene rings is 4. The Morgan fingerprint density at radius 2 is 1.43 bits per heavy atom. The third-order valence-corrected chi connectivity index (χ3v) is 6.86. The van der Waals surface area contributed by atoms with Gasteiger partial charge in [0.15, 0.2) is 5.75 Å². The Bertz CT molecular complexity index is 1430. The predicted octanol–water partition coefficient (Wildman–Crippen LogP) is 6.80. The molecule has 0 heterocycles. The number of hydrogen-bond donors (Lipinski definition) is 1. The smallest absolute Gasteiger partial charge is 0.339 e. The van der Waals surface area contributed by atoms with Crippen LogP contribution in [0.4, 0.5) is 5.69 Å². The van der Waals surface area contributed by atoms with Crippen LogP contribution in [0, 0.1) is 0 Å². The highest BCUT2D eigenvalue weighted by molar-refractivity contribution is 5.96. The van der Waals surface area contributed by atoms with Gasteiger partial charge in [0.25, 0.3) is 5.91 Å². The van der Waals surface area contributed by atoms with Crippen LogP contribution in [0.5, 0.6) is 5.75 Å². The van der Waals surface area contributed by atoms with E-state index in [1.54, 1.807) is 30.3 Å². The average Bonchev–Trinajstić information content (AvgIpc) is 3.00. The lowest BCUT2D eigenvalue weighted by atomic mass is 9.88. The van der Waals surface area contributed by atoms with Gasteiger partial charge in [0.05, 0.1) is 0 Å². The summed E-state index contributed by atoms with van der Waals surface area (Å²) in [4.78, 5) is 48.2. The second-order valence-corrected chi connectivity index (χ2v) is 10.1. The van der Waals surface area contributed by atoms with E-state index in [1.807, 2.05) is 59.5 Å². The Balaban J connectivity index is 1.52. The lowest BCUT2D eigenvalue weighted by Crippen LogP contribution is -2.34. The third kappa shape index (κ3) is 9.06. The van der Waals surface area contributed by atoms with E-state index in [2.05, 4.69) is 34.5 Å². The zero-order valence-corrected chi connectivity index (χ0v) is 24.0. The highest BCUT2D eigenvalue weighted by Crippen LogP contribution is 2.28. The van der Waals surface area contributed by atoms with Gasteiger partial charge in [-0.1, -0.05) is 78.9 Å². The summed E-state index contributed by atoms with van der Waals surface area (Å²) in [6.45, 7) is 3.81. The van der Waals surface area contributed by atoms with Crippen molar-refractivity contribution >= 4 is 23.5 Å². The van der Waals surface area contributed by atoms with Crippen molar-refractivity contribution in [2.75, 3.05) is 18.4 Å². The highest BCUT2D eigenvalue weighted by atomic mass is 17.2. The lowest BCUT2D eigenvalue weighted by Gasteiger charge is -2.26. The summed E-state index contributed by atoms with van der Waals surface area (Å²) in [5.41, 5.74) is 4.52. The van der Waals surface area contributed by atoms with Gasteiger partial charge in [0.2, 0.25) is 5.91 Å². The number of carbonyl (C=O) groups excluding carboxylic acids is 3. The largest absolute Gasteiger partial charge is 0.352 e. The quantitative estimate of drug-likeness (QED) is 0.143. The molecule has 7 nitrogen and oxygen atoms in total. The fourth-order valence-electron chi connectivity index (χ4n) is 4.95. The van der Waals surface area contributed by atoms with Crippen LogP contribution in [0.15, 0.2) is 109 Å². The van der Waals surface area contributed by atoms with Gasteiger partial charge in [0, 0.05) is 44.1 Å². The first-order chi connectivity index (χ1) is 20.4. The van der Waals surface area contributed by atoms with E-state index in [0.29, 0.717) is 36.5 Å².